The summed E-state index contributed by atoms with van der Waals surface area (Å²) in [6, 6.07) is 2.97. The van der Waals surface area contributed by atoms with Crippen molar-refractivity contribution in [2.45, 2.75) is 33.7 Å². The van der Waals surface area contributed by atoms with E-state index >= 15 is 0 Å². The molecule has 0 aromatic heterocycles. The Balaban J connectivity index is 3.23. The van der Waals surface area contributed by atoms with Crippen LogP contribution in [0.4, 0.5) is 14.5 Å². The van der Waals surface area contributed by atoms with Gasteiger partial charge in [0.25, 0.3) is 0 Å². The zero-order valence-electron chi connectivity index (χ0n) is 11.9. The molecule has 0 aliphatic rings. The fraction of sp³-hybridized carbons (Fsp3) is 0.500. The molecule has 0 saturated heterocycles. The molecule has 0 aliphatic carbocycles. The Morgan fingerprint density at radius 1 is 1.26 bits per heavy atom. The van der Waals surface area contributed by atoms with E-state index in [0.717, 1.165) is 0 Å². The van der Waals surface area contributed by atoms with Gasteiger partial charge in [-0.3, -0.25) is 0 Å². The molecule has 5 heteroatoms. The SMILES string of the molecule is CC(N(C)c1ccc(C(N)=S)c(F)c1F)C(C)(C)C. The molecule has 1 aromatic carbocycles. The van der Waals surface area contributed by atoms with E-state index in [0.29, 0.717) is 0 Å². The quantitative estimate of drug-likeness (QED) is 0.863. The number of nitrogens with zero attached hydrogens (tertiary/aromatic N) is 1. The van der Waals surface area contributed by atoms with Crippen LogP contribution in [0.1, 0.15) is 33.3 Å². The predicted octanol–water partition coefficient (Wildman–Crippen LogP) is 3.47. The maximum absolute atomic E-state index is 14.1. The summed E-state index contributed by atoms with van der Waals surface area (Å²) >= 11 is 4.69. The number of benzene rings is 1. The molecule has 0 heterocycles. The lowest BCUT2D eigenvalue weighted by molar-refractivity contribution is 0.327. The summed E-state index contributed by atoms with van der Waals surface area (Å²) in [6.07, 6.45) is 0. The van der Waals surface area contributed by atoms with Crippen molar-refractivity contribution in [2.24, 2.45) is 11.1 Å². The summed E-state index contributed by atoms with van der Waals surface area (Å²) in [5, 5.41) is 0. The summed E-state index contributed by atoms with van der Waals surface area (Å²) in [7, 11) is 1.74. The Kier molecular flexibility index (Phi) is 4.50. The average Bonchev–Trinajstić information content (AvgIpc) is 2.29. The molecule has 0 amide bonds. The highest BCUT2D eigenvalue weighted by Gasteiger charge is 2.27. The molecule has 2 nitrogen and oxygen atoms in total. The molecule has 0 radical (unpaired) electrons. The van der Waals surface area contributed by atoms with Gasteiger partial charge in [0.15, 0.2) is 11.6 Å². The third-order valence-electron chi connectivity index (χ3n) is 3.54. The number of hydrogen-bond donors (Lipinski definition) is 1. The number of halogens is 2. The molecular weight excluding hydrogens is 266 g/mol. The van der Waals surface area contributed by atoms with Gasteiger partial charge in [0, 0.05) is 18.7 Å². The summed E-state index contributed by atoms with van der Waals surface area (Å²) in [5.41, 5.74) is 5.44. The van der Waals surface area contributed by atoms with Gasteiger partial charge in [0.1, 0.15) is 4.99 Å². The third-order valence-corrected chi connectivity index (χ3v) is 3.76. The highest BCUT2D eigenvalue weighted by Crippen LogP contribution is 2.30. The topological polar surface area (TPSA) is 29.3 Å². The first-order valence-corrected chi connectivity index (χ1v) is 6.48. The minimum absolute atomic E-state index is 0.0390. The number of thiocarbonyl (C=S) groups is 1. The van der Waals surface area contributed by atoms with Crippen molar-refractivity contribution in [3.8, 4) is 0 Å². The van der Waals surface area contributed by atoms with Crippen molar-refractivity contribution in [2.75, 3.05) is 11.9 Å². The number of rotatable bonds is 3. The van der Waals surface area contributed by atoms with E-state index in [4.69, 9.17) is 5.73 Å². The molecule has 1 atom stereocenters. The molecule has 2 N–H and O–H groups in total. The van der Waals surface area contributed by atoms with Crippen molar-refractivity contribution in [3.05, 3.63) is 29.3 Å². The number of anilines is 1. The van der Waals surface area contributed by atoms with E-state index in [1.165, 1.54) is 12.1 Å². The molecule has 0 saturated carbocycles. The molecule has 19 heavy (non-hydrogen) atoms. The van der Waals surface area contributed by atoms with Gasteiger partial charge >= 0.3 is 0 Å². The Morgan fingerprint density at radius 2 is 1.79 bits per heavy atom. The van der Waals surface area contributed by atoms with E-state index in [-0.39, 0.29) is 27.7 Å². The molecule has 0 aliphatic heterocycles. The maximum Gasteiger partial charge on any atom is 0.182 e. The van der Waals surface area contributed by atoms with E-state index in [2.05, 4.69) is 12.2 Å². The minimum Gasteiger partial charge on any atom is -0.389 e. The van der Waals surface area contributed by atoms with Crippen LogP contribution in [0.15, 0.2) is 12.1 Å². The second kappa shape index (κ2) is 5.41. The summed E-state index contributed by atoms with van der Waals surface area (Å²) < 4.78 is 28.0. The summed E-state index contributed by atoms with van der Waals surface area (Å²) in [4.78, 5) is 1.58. The lowest BCUT2D eigenvalue weighted by atomic mass is 9.87. The smallest absolute Gasteiger partial charge is 0.182 e. The first-order chi connectivity index (χ1) is 8.57. The zero-order chi connectivity index (χ0) is 15.0. The monoisotopic (exact) mass is 286 g/mol. The second-order valence-electron chi connectivity index (χ2n) is 5.78. The largest absolute Gasteiger partial charge is 0.389 e. The highest BCUT2D eigenvalue weighted by atomic mass is 32.1. The van der Waals surface area contributed by atoms with Crippen molar-refractivity contribution in [1.29, 1.82) is 0 Å². The molecule has 0 bridgehead atoms. The van der Waals surface area contributed by atoms with Gasteiger partial charge in [-0.15, -0.1) is 0 Å². The molecule has 1 rings (SSSR count). The zero-order valence-corrected chi connectivity index (χ0v) is 12.7. The Morgan fingerprint density at radius 3 is 2.21 bits per heavy atom. The van der Waals surface area contributed by atoms with Crippen molar-refractivity contribution >= 4 is 22.9 Å². The lowest BCUT2D eigenvalue weighted by Gasteiger charge is -2.37. The first-order valence-electron chi connectivity index (χ1n) is 6.08. The van der Waals surface area contributed by atoms with Crippen LogP contribution in [0.3, 0.4) is 0 Å². The maximum atomic E-state index is 14.1. The van der Waals surface area contributed by atoms with Crippen molar-refractivity contribution in [3.63, 3.8) is 0 Å². The van der Waals surface area contributed by atoms with E-state index in [1.54, 1.807) is 11.9 Å². The molecule has 106 valence electrons. The van der Waals surface area contributed by atoms with Crippen LogP contribution in [-0.2, 0) is 0 Å². The molecule has 0 spiro atoms. The first kappa shape index (κ1) is 15.8. The van der Waals surface area contributed by atoms with Gasteiger partial charge in [-0.05, 0) is 24.5 Å². The van der Waals surface area contributed by atoms with Gasteiger partial charge in [-0.1, -0.05) is 33.0 Å². The molecule has 1 aromatic rings. The Bertz CT molecular complexity index is 495. The number of hydrogen-bond acceptors (Lipinski definition) is 2. The van der Waals surface area contributed by atoms with Crippen LogP contribution in [-0.4, -0.2) is 18.1 Å². The highest BCUT2D eigenvalue weighted by molar-refractivity contribution is 7.80. The predicted molar refractivity (Wildman–Crippen MR) is 79.6 cm³/mol. The standard InChI is InChI=1S/C14H20F2N2S/c1-8(14(2,3)4)18(5)10-7-6-9(13(17)19)11(15)12(10)16/h6-8H,1-5H3,(H2,17,19). The van der Waals surface area contributed by atoms with Crippen molar-refractivity contribution in [1.82, 2.24) is 0 Å². The fourth-order valence-electron chi connectivity index (χ4n) is 1.79. The van der Waals surface area contributed by atoms with E-state index < -0.39 is 11.6 Å². The molecule has 0 fully saturated rings. The number of nitrogens with two attached hydrogens (primary N) is 1. The van der Waals surface area contributed by atoms with Gasteiger partial charge in [0.2, 0.25) is 0 Å². The summed E-state index contributed by atoms with van der Waals surface area (Å²) in [5.74, 6) is -1.90. The molecular formula is C14H20F2N2S. The van der Waals surface area contributed by atoms with Gasteiger partial charge in [-0.25, -0.2) is 8.78 Å². The average molecular weight is 286 g/mol. The Labute approximate surface area is 118 Å². The van der Waals surface area contributed by atoms with Crippen LogP contribution < -0.4 is 10.6 Å². The summed E-state index contributed by atoms with van der Waals surface area (Å²) in [6.45, 7) is 8.11. The van der Waals surface area contributed by atoms with Crippen LogP contribution in [0.5, 0.6) is 0 Å². The second-order valence-corrected chi connectivity index (χ2v) is 6.22. The fourth-order valence-corrected chi connectivity index (χ4v) is 1.95. The van der Waals surface area contributed by atoms with E-state index in [1.807, 2.05) is 27.7 Å². The third kappa shape index (κ3) is 3.21. The lowest BCUT2D eigenvalue weighted by Crippen LogP contribution is -2.40. The van der Waals surface area contributed by atoms with Gasteiger partial charge < -0.3 is 10.6 Å². The normalized spacial score (nSPS) is 13.2. The van der Waals surface area contributed by atoms with E-state index in [9.17, 15) is 8.78 Å². The van der Waals surface area contributed by atoms with Crippen LogP contribution in [0.25, 0.3) is 0 Å². The van der Waals surface area contributed by atoms with Gasteiger partial charge in [-0.2, -0.15) is 0 Å². The van der Waals surface area contributed by atoms with Crippen LogP contribution in [0, 0.1) is 17.0 Å². The molecule has 1 unspecified atom stereocenters. The van der Waals surface area contributed by atoms with Crippen LogP contribution >= 0.6 is 12.2 Å². The van der Waals surface area contributed by atoms with Crippen molar-refractivity contribution < 1.29 is 8.78 Å². The minimum atomic E-state index is -0.988. The Hall–Kier alpha value is -1.23. The van der Waals surface area contributed by atoms with Crippen LogP contribution in [0.2, 0.25) is 0 Å². The van der Waals surface area contributed by atoms with Gasteiger partial charge in [0.05, 0.1) is 5.69 Å².